The first-order valence-electron chi connectivity index (χ1n) is 22.2. The van der Waals surface area contributed by atoms with Gasteiger partial charge < -0.3 is 9.13 Å². The van der Waals surface area contributed by atoms with Crippen LogP contribution in [0.15, 0.2) is 237 Å². The predicted molar refractivity (Wildman–Crippen MR) is 270 cm³/mol. The SMILES string of the molecule is [C-]#[N+]c1cccc(-n2c3ccccc3c3cc(-c4ccc5c(c4)c4ccccc4n5-c4ccc(-c5ccc6c(c5)-c5ccccc5C6(c5ccccc5)c5ccccc5)cc4)ccc32)c1. The molecule has 3 heteroatoms. The third kappa shape index (κ3) is 5.48. The van der Waals surface area contributed by atoms with Gasteiger partial charge in [0.2, 0.25) is 0 Å². The fourth-order valence-corrected chi connectivity index (χ4v) is 11.0. The second-order valence-electron chi connectivity index (χ2n) is 17.1. The van der Waals surface area contributed by atoms with E-state index in [9.17, 15) is 0 Å². The van der Waals surface area contributed by atoms with Gasteiger partial charge in [0.1, 0.15) is 0 Å². The molecule has 3 nitrogen and oxygen atoms in total. The highest BCUT2D eigenvalue weighted by Crippen LogP contribution is 2.56. The van der Waals surface area contributed by atoms with E-state index in [2.05, 4.69) is 232 Å². The predicted octanol–water partition coefficient (Wildman–Crippen LogP) is 16.1. The molecule has 302 valence electrons. The van der Waals surface area contributed by atoms with Gasteiger partial charge in [-0.2, -0.15) is 0 Å². The maximum Gasteiger partial charge on any atom is 0.189 e. The quantitative estimate of drug-likeness (QED) is 0.148. The van der Waals surface area contributed by atoms with E-state index in [0.29, 0.717) is 5.69 Å². The van der Waals surface area contributed by atoms with Gasteiger partial charge in [-0.05, 0) is 122 Å². The van der Waals surface area contributed by atoms with Gasteiger partial charge in [0.15, 0.2) is 5.69 Å². The molecule has 0 fully saturated rings. The number of rotatable bonds is 6. The summed E-state index contributed by atoms with van der Waals surface area (Å²) < 4.78 is 4.68. The largest absolute Gasteiger partial charge is 0.311 e. The molecule has 0 atom stereocenters. The van der Waals surface area contributed by atoms with Gasteiger partial charge >= 0.3 is 0 Å². The summed E-state index contributed by atoms with van der Waals surface area (Å²) in [6, 6.07) is 86.0. The molecule has 0 spiro atoms. The summed E-state index contributed by atoms with van der Waals surface area (Å²) in [6.45, 7) is 7.62. The molecule has 13 rings (SSSR count). The first kappa shape index (κ1) is 36.9. The molecule has 0 aliphatic heterocycles. The van der Waals surface area contributed by atoms with E-state index in [1.165, 1.54) is 88.2 Å². The maximum atomic E-state index is 7.62. The van der Waals surface area contributed by atoms with Crippen molar-refractivity contribution in [3.8, 4) is 44.8 Å². The fourth-order valence-electron chi connectivity index (χ4n) is 11.0. The molecule has 2 heterocycles. The molecule has 1 aliphatic rings. The molecule has 0 bridgehead atoms. The van der Waals surface area contributed by atoms with Crippen molar-refractivity contribution in [1.29, 1.82) is 0 Å². The Morgan fingerprint density at radius 3 is 1.45 bits per heavy atom. The van der Waals surface area contributed by atoms with Crippen LogP contribution >= 0.6 is 0 Å². The van der Waals surface area contributed by atoms with E-state index in [1.807, 2.05) is 18.2 Å². The highest BCUT2D eigenvalue weighted by atomic mass is 15.0. The summed E-state index contributed by atoms with van der Waals surface area (Å²) in [5.41, 5.74) is 19.4. The molecule has 0 saturated carbocycles. The fraction of sp³-hybridized carbons (Fsp3) is 0.0161. The van der Waals surface area contributed by atoms with Crippen molar-refractivity contribution in [3.63, 3.8) is 0 Å². The number of hydrogen-bond acceptors (Lipinski definition) is 0. The summed E-state index contributed by atoms with van der Waals surface area (Å²) >= 11 is 0. The zero-order valence-electron chi connectivity index (χ0n) is 35.4. The van der Waals surface area contributed by atoms with Crippen LogP contribution in [0, 0.1) is 6.57 Å². The summed E-state index contributed by atoms with van der Waals surface area (Å²) in [5, 5.41) is 4.82. The third-order valence-electron chi connectivity index (χ3n) is 13.8. The molecular weight excluding hydrogens is 787 g/mol. The smallest absolute Gasteiger partial charge is 0.189 e. The van der Waals surface area contributed by atoms with Crippen LogP contribution in [0.25, 0.3) is 93.2 Å². The van der Waals surface area contributed by atoms with Crippen molar-refractivity contribution in [2.75, 3.05) is 0 Å². The zero-order chi connectivity index (χ0) is 43.1. The van der Waals surface area contributed by atoms with E-state index in [4.69, 9.17) is 6.57 Å². The van der Waals surface area contributed by atoms with Crippen LogP contribution in [0.5, 0.6) is 0 Å². The van der Waals surface area contributed by atoms with Crippen LogP contribution < -0.4 is 0 Å². The normalized spacial score (nSPS) is 12.7. The summed E-state index contributed by atoms with van der Waals surface area (Å²) in [4.78, 5) is 3.71. The van der Waals surface area contributed by atoms with Crippen molar-refractivity contribution in [2.45, 2.75) is 5.41 Å². The minimum Gasteiger partial charge on any atom is -0.311 e. The molecule has 12 aromatic rings. The Kier molecular flexibility index (Phi) is 8.19. The summed E-state index contributed by atoms with van der Waals surface area (Å²) in [6.07, 6.45) is 0. The van der Waals surface area contributed by atoms with Gasteiger partial charge in [-0.15, -0.1) is 0 Å². The molecule has 1 aliphatic carbocycles. The van der Waals surface area contributed by atoms with Crippen molar-refractivity contribution >= 4 is 49.3 Å². The molecule has 2 aromatic heterocycles. The molecule has 65 heavy (non-hydrogen) atoms. The van der Waals surface area contributed by atoms with Crippen LogP contribution in [-0.4, -0.2) is 9.13 Å². The molecule has 0 saturated heterocycles. The first-order valence-corrected chi connectivity index (χ1v) is 22.2. The summed E-state index contributed by atoms with van der Waals surface area (Å²) in [5.74, 6) is 0. The van der Waals surface area contributed by atoms with E-state index in [0.717, 1.165) is 22.4 Å². The lowest BCUT2D eigenvalue weighted by Crippen LogP contribution is -2.28. The Bertz CT molecular complexity index is 3840. The minimum absolute atomic E-state index is 0.409. The Hall–Kier alpha value is -8.71. The van der Waals surface area contributed by atoms with Crippen molar-refractivity contribution in [1.82, 2.24) is 9.13 Å². The lowest BCUT2D eigenvalue weighted by Gasteiger charge is -2.33. The molecule has 0 N–H and O–H groups in total. The van der Waals surface area contributed by atoms with Gasteiger partial charge in [-0.1, -0.05) is 170 Å². The van der Waals surface area contributed by atoms with Gasteiger partial charge in [0, 0.05) is 32.9 Å². The minimum atomic E-state index is -0.409. The highest BCUT2D eigenvalue weighted by Gasteiger charge is 2.46. The number of aromatic nitrogens is 2. The standard InChI is InChI=1S/C62H39N3/c1-63-47-19-14-20-49(40-47)65-59-26-13-10-23-52(59)55-39-44(31-36-61(55)65)43-30-35-60-54(38-43)51-22-9-12-25-58(51)64(60)48-32-27-41(28-33-48)42-29-34-57-53(37-42)50-21-8-11-24-56(50)62(57,45-15-4-2-5-16-45)46-17-6-3-7-18-46/h2-40H. The zero-order valence-corrected chi connectivity index (χ0v) is 35.4. The van der Waals surface area contributed by atoms with Gasteiger partial charge in [-0.3, -0.25) is 0 Å². The van der Waals surface area contributed by atoms with E-state index < -0.39 is 5.41 Å². The highest BCUT2D eigenvalue weighted by molar-refractivity contribution is 6.12. The Balaban J connectivity index is 0.896. The first-order chi connectivity index (χ1) is 32.2. The average Bonchev–Trinajstić information content (AvgIpc) is 4.00. The summed E-state index contributed by atoms with van der Waals surface area (Å²) in [7, 11) is 0. The molecule has 0 unspecified atom stereocenters. The molecule has 10 aromatic carbocycles. The molecule has 0 amide bonds. The van der Waals surface area contributed by atoms with Crippen LogP contribution in [0.1, 0.15) is 22.3 Å². The van der Waals surface area contributed by atoms with E-state index in [1.54, 1.807) is 0 Å². The second kappa shape index (κ2) is 14.4. The van der Waals surface area contributed by atoms with Gasteiger partial charge in [0.05, 0.1) is 34.1 Å². The Morgan fingerprint density at radius 2 is 0.815 bits per heavy atom. The van der Waals surface area contributed by atoms with Crippen molar-refractivity contribution in [3.05, 3.63) is 270 Å². The van der Waals surface area contributed by atoms with Crippen LogP contribution in [0.2, 0.25) is 0 Å². The van der Waals surface area contributed by atoms with Crippen LogP contribution in [-0.2, 0) is 5.41 Å². The van der Waals surface area contributed by atoms with Gasteiger partial charge in [0.25, 0.3) is 0 Å². The number of hydrogen-bond donors (Lipinski definition) is 0. The second-order valence-corrected chi connectivity index (χ2v) is 17.1. The lowest BCUT2D eigenvalue weighted by atomic mass is 9.67. The van der Waals surface area contributed by atoms with Gasteiger partial charge in [-0.25, -0.2) is 4.85 Å². The molecular formula is C62H39N3. The topological polar surface area (TPSA) is 14.2 Å². The van der Waals surface area contributed by atoms with E-state index in [-0.39, 0.29) is 0 Å². The molecule has 0 radical (unpaired) electrons. The monoisotopic (exact) mass is 825 g/mol. The van der Waals surface area contributed by atoms with Crippen LogP contribution in [0.3, 0.4) is 0 Å². The van der Waals surface area contributed by atoms with E-state index >= 15 is 0 Å². The lowest BCUT2D eigenvalue weighted by molar-refractivity contribution is 0.768. The van der Waals surface area contributed by atoms with Crippen LogP contribution in [0.4, 0.5) is 5.69 Å². The Morgan fingerprint density at radius 1 is 0.323 bits per heavy atom. The number of benzene rings is 10. The third-order valence-corrected chi connectivity index (χ3v) is 13.8. The Labute approximate surface area is 377 Å². The van der Waals surface area contributed by atoms with Crippen molar-refractivity contribution < 1.29 is 0 Å². The maximum absolute atomic E-state index is 7.62. The average molecular weight is 826 g/mol. The number of nitrogens with zero attached hydrogens (tertiary/aromatic N) is 3. The van der Waals surface area contributed by atoms with Crippen molar-refractivity contribution in [2.24, 2.45) is 0 Å². The number of fused-ring (bicyclic) bond motifs is 9. The number of para-hydroxylation sites is 2.